The van der Waals surface area contributed by atoms with Gasteiger partial charge < -0.3 is 20.1 Å². The molecule has 2 rings (SSSR count). The van der Waals surface area contributed by atoms with E-state index in [4.69, 9.17) is 0 Å². The van der Waals surface area contributed by atoms with Crippen molar-refractivity contribution in [1.82, 2.24) is 10.2 Å². The number of benzene rings is 1. The number of hydrogen-bond donors (Lipinski definition) is 2. The second-order valence-corrected chi connectivity index (χ2v) is 5.90. The summed E-state index contributed by atoms with van der Waals surface area (Å²) >= 11 is 0. The first-order chi connectivity index (χ1) is 11.3. The van der Waals surface area contributed by atoms with Crippen LogP contribution in [0.2, 0.25) is 0 Å². The Balaban J connectivity index is 2.16. The van der Waals surface area contributed by atoms with Crippen LogP contribution in [-0.4, -0.2) is 55.1 Å². The number of aliphatic hydroxyl groups excluding tert-OH is 1. The van der Waals surface area contributed by atoms with Gasteiger partial charge in [0.05, 0.1) is 6.10 Å². The predicted octanol–water partition coefficient (Wildman–Crippen LogP) is 1.87. The number of aliphatic hydroxyl groups is 1. The van der Waals surface area contributed by atoms with Gasteiger partial charge in [-0.1, -0.05) is 12.1 Å². The first-order valence-electron chi connectivity index (χ1n) is 7.73. The number of ether oxygens (including phenoxy) is 1. The lowest BCUT2D eigenvalue weighted by molar-refractivity contribution is -0.274. The SMILES string of the molecule is CNC(=O)C[C@H](CN1CC[C@H](O)C1)c1cccc(OC(F)(F)F)c1. The number of nitrogens with zero attached hydrogens (tertiary/aromatic N) is 1. The highest BCUT2D eigenvalue weighted by Gasteiger charge is 2.31. The summed E-state index contributed by atoms with van der Waals surface area (Å²) in [4.78, 5) is 13.8. The number of nitrogens with one attached hydrogen (secondary N) is 1. The van der Waals surface area contributed by atoms with Gasteiger partial charge in [0.2, 0.25) is 5.91 Å². The Morgan fingerprint density at radius 1 is 1.50 bits per heavy atom. The van der Waals surface area contributed by atoms with Gasteiger partial charge in [0.1, 0.15) is 5.75 Å². The summed E-state index contributed by atoms with van der Waals surface area (Å²) < 4.78 is 41.1. The third-order valence-electron chi connectivity index (χ3n) is 4.00. The largest absolute Gasteiger partial charge is 0.573 e. The van der Waals surface area contributed by atoms with Crippen molar-refractivity contribution >= 4 is 5.91 Å². The second-order valence-electron chi connectivity index (χ2n) is 5.90. The molecule has 1 aliphatic rings. The number of rotatable bonds is 6. The summed E-state index contributed by atoms with van der Waals surface area (Å²) in [6, 6.07) is 5.70. The van der Waals surface area contributed by atoms with Gasteiger partial charge in [0.15, 0.2) is 0 Å². The van der Waals surface area contributed by atoms with Crippen molar-refractivity contribution < 1.29 is 27.8 Å². The molecule has 134 valence electrons. The molecule has 1 aromatic carbocycles. The van der Waals surface area contributed by atoms with Gasteiger partial charge in [0, 0.05) is 39.0 Å². The minimum atomic E-state index is -4.76. The van der Waals surface area contributed by atoms with Crippen molar-refractivity contribution in [3.63, 3.8) is 0 Å². The molecule has 1 heterocycles. The molecule has 0 saturated carbocycles. The number of carbonyl (C=O) groups excluding carboxylic acids is 1. The van der Waals surface area contributed by atoms with Crippen LogP contribution in [0.25, 0.3) is 0 Å². The molecule has 0 bridgehead atoms. The molecule has 0 aromatic heterocycles. The number of halogens is 3. The molecule has 5 nitrogen and oxygen atoms in total. The Morgan fingerprint density at radius 2 is 2.25 bits per heavy atom. The van der Waals surface area contributed by atoms with Crippen LogP contribution in [0.5, 0.6) is 5.75 Å². The molecular formula is C16H21F3N2O3. The average Bonchev–Trinajstić information content (AvgIpc) is 2.90. The summed E-state index contributed by atoms with van der Waals surface area (Å²) in [5, 5.41) is 12.2. The van der Waals surface area contributed by atoms with E-state index in [9.17, 15) is 23.1 Å². The lowest BCUT2D eigenvalue weighted by Gasteiger charge is -2.24. The van der Waals surface area contributed by atoms with Crippen molar-refractivity contribution in [3.8, 4) is 5.75 Å². The van der Waals surface area contributed by atoms with E-state index in [0.717, 1.165) is 0 Å². The summed E-state index contributed by atoms with van der Waals surface area (Å²) in [7, 11) is 1.52. The van der Waals surface area contributed by atoms with Gasteiger partial charge in [-0.3, -0.25) is 4.79 Å². The fourth-order valence-corrected chi connectivity index (χ4v) is 2.87. The Morgan fingerprint density at radius 3 is 2.83 bits per heavy atom. The quantitative estimate of drug-likeness (QED) is 0.826. The highest BCUT2D eigenvalue weighted by atomic mass is 19.4. The van der Waals surface area contributed by atoms with Crippen LogP contribution in [0.15, 0.2) is 24.3 Å². The third kappa shape index (κ3) is 5.68. The zero-order chi connectivity index (χ0) is 17.7. The molecular weight excluding hydrogens is 325 g/mol. The minimum absolute atomic E-state index is 0.151. The number of carbonyl (C=O) groups is 1. The fourth-order valence-electron chi connectivity index (χ4n) is 2.87. The summed E-state index contributed by atoms with van der Waals surface area (Å²) in [6.07, 6.45) is -4.35. The van der Waals surface area contributed by atoms with Gasteiger partial charge in [-0.25, -0.2) is 0 Å². The first kappa shape index (κ1) is 18.5. The molecule has 0 aliphatic carbocycles. The van der Waals surface area contributed by atoms with Crippen LogP contribution in [0.1, 0.15) is 24.3 Å². The van der Waals surface area contributed by atoms with Crippen LogP contribution in [0, 0.1) is 0 Å². The van der Waals surface area contributed by atoms with Crippen LogP contribution < -0.4 is 10.1 Å². The molecule has 2 N–H and O–H groups in total. The van der Waals surface area contributed by atoms with Gasteiger partial charge in [-0.05, 0) is 24.1 Å². The van der Waals surface area contributed by atoms with Crippen LogP contribution >= 0.6 is 0 Å². The van der Waals surface area contributed by atoms with E-state index < -0.39 is 12.5 Å². The minimum Gasteiger partial charge on any atom is -0.406 e. The topological polar surface area (TPSA) is 61.8 Å². The molecule has 24 heavy (non-hydrogen) atoms. The number of alkyl halides is 3. The van der Waals surface area contributed by atoms with E-state index in [1.807, 2.05) is 4.90 Å². The van der Waals surface area contributed by atoms with E-state index in [1.54, 1.807) is 6.07 Å². The standard InChI is InChI=1S/C16H21F3N2O3/c1-20-15(23)8-12(9-21-6-5-13(22)10-21)11-3-2-4-14(7-11)24-16(17,18)19/h2-4,7,12-13,22H,5-6,8-10H2,1H3,(H,20,23)/t12-,13+/m1/s1. The van der Waals surface area contributed by atoms with E-state index in [-0.39, 0.29) is 24.0 Å². The summed E-state index contributed by atoms with van der Waals surface area (Å²) in [6.45, 7) is 1.69. The monoisotopic (exact) mass is 346 g/mol. The fraction of sp³-hybridized carbons (Fsp3) is 0.562. The third-order valence-corrected chi connectivity index (χ3v) is 4.00. The van der Waals surface area contributed by atoms with E-state index in [0.29, 0.717) is 31.6 Å². The molecule has 1 aliphatic heterocycles. The molecule has 0 radical (unpaired) electrons. The van der Waals surface area contributed by atoms with Crippen LogP contribution in [0.4, 0.5) is 13.2 Å². The molecule has 2 atom stereocenters. The van der Waals surface area contributed by atoms with Crippen molar-refractivity contribution in [2.75, 3.05) is 26.7 Å². The van der Waals surface area contributed by atoms with Crippen molar-refractivity contribution in [2.24, 2.45) is 0 Å². The Hall–Kier alpha value is -1.80. The predicted molar refractivity (Wildman–Crippen MR) is 81.6 cm³/mol. The first-order valence-corrected chi connectivity index (χ1v) is 7.73. The number of hydrogen-bond acceptors (Lipinski definition) is 4. The van der Waals surface area contributed by atoms with Crippen molar-refractivity contribution in [3.05, 3.63) is 29.8 Å². The Bertz CT molecular complexity index is 566. The van der Waals surface area contributed by atoms with E-state index in [1.165, 1.54) is 25.2 Å². The lowest BCUT2D eigenvalue weighted by Crippen LogP contribution is -2.30. The van der Waals surface area contributed by atoms with Crippen molar-refractivity contribution in [1.29, 1.82) is 0 Å². The maximum atomic E-state index is 12.4. The number of likely N-dealkylation sites (tertiary alicyclic amines) is 1. The molecule has 0 unspecified atom stereocenters. The molecule has 1 amide bonds. The van der Waals surface area contributed by atoms with Gasteiger partial charge >= 0.3 is 6.36 Å². The summed E-state index contributed by atoms with van der Waals surface area (Å²) in [5.74, 6) is -0.780. The Labute approximate surface area is 138 Å². The van der Waals surface area contributed by atoms with Crippen LogP contribution in [0.3, 0.4) is 0 Å². The van der Waals surface area contributed by atoms with Gasteiger partial charge in [-0.2, -0.15) is 0 Å². The highest BCUT2D eigenvalue weighted by Crippen LogP contribution is 2.29. The normalized spacial score (nSPS) is 20.0. The van der Waals surface area contributed by atoms with Gasteiger partial charge in [-0.15, -0.1) is 13.2 Å². The van der Waals surface area contributed by atoms with Crippen LogP contribution in [-0.2, 0) is 4.79 Å². The zero-order valence-electron chi connectivity index (χ0n) is 13.3. The van der Waals surface area contributed by atoms with E-state index in [2.05, 4.69) is 10.1 Å². The Kier molecular flexibility index (Phi) is 6.06. The smallest absolute Gasteiger partial charge is 0.406 e. The number of amides is 1. The second kappa shape index (κ2) is 7.85. The molecule has 1 fully saturated rings. The lowest BCUT2D eigenvalue weighted by atomic mass is 9.94. The average molecular weight is 346 g/mol. The maximum absolute atomic E-state index is 12.4. The molecule has 1 aromatic rings. The molecule has 0 spiro atoms. The molecule has 1 saturated heterocycles. The molecule has 8 heteroatoms. The van der Waals surface area contributed by atoms with Crippen molar-refractivity contribution in [2.45, 2.75) is 31.2 Å². The maximum Gasteiger partial charge on any atom is 0.573 e. The van der Waals surface area contributed by atoms with Gasteiger partial charge in [0.25, 0.3) is 0 Å². The highest BCUT2D eigenvalue weighted by molar-refractivity contribution is 5.76. The van der Waals surface area contributed by atoms with E-state index >= 15 is 0 Å². The summed E-state index contributed by atoms with van der Waals surface area (Å²) in [5.41, 5.74) is 0.599. The number of β-amino-alcohol motifs (C(OH)–C–C–N with tert-alkyl or cyclic N) is 1. The zero-order valence-corrected chi connectivity index (χ0v) is 13.3.